The lowest BCUT2D eigenvalue weighted by atomic mass is 10.2. The number of nitrogens with one attached hydrogen (secondary N) is 2. The van der Waals surface area contributed by atoms with Crippen LogP contribution in [0.5, 0.6) is 5.75 Å². The Labute approximate surface area is 145 Å². The zero-order valence-electron chi connectivity index (χ0n) is 13.1. The van der Waals surface area contributed by atoms with Crippen LogP contribution in [0.25, 0.3) is 6.08 Å². The number of hydrogen-bond donors (Lipinski definition) is 2. The fraction of sp³-hybridized carbons (Fsp3) is 0.111. The third-order valence-electron chi connectivity index (χ3n) is 3.05. The first-order valence-corrected chi connectivity index (χ1v) is 7.73. The highest BCUT2D eigenvalue weighted by molar-refractivity contribution is 6.32. The standard InChI is InChI=1S/C18H17ClN2O3/c1-2-24-15-10-7-14(8-11-15)18(23)21-20-17(22)12-9-13-5-3-4-6-16(13)19/h3-12H,2H2,1H3,(H,20,22)(H,21,23). The minimum atomic E-state index is -0.464. The van der Waals surface area contributed by atoms with Gasteiger partial charge >= 0.3 is 0 Å². The summed E-state index contributed by atoms with van der Waals surface area (Å²) >= 11 is 5.99. The van der Waals surface area contributed by atoms with Crippen molar-refractivity contribution in [3.8, 4) is 5.75 Å². The minimum Gasteiger partial charge on any atom is -0.494 e. The van der Waals surface area contributed by atoms with Crippen molar-refractivity contribution in [1.82, 2.24) is 10.9 Å². The fourth-order valence-corrected chi connectivity index (χ4v) is 2.08. The quantitative estimate of drug-likeness (QED) is 0.646. The molecule has 2 amide bonds. The number of rotatable bonds is 5. The van der Waals surface area contributed by atoms with E-state index in [1.54, 1.807) is 48.5 Å². The summed E-state index contributed by atoms with van der Waals surface area (Å²) in [5, 5.41) is 0.542. The molecule has 2 aromatic rings. The number of hydrazine groups is 1. The van der Waals surface area contributed by atoms with Crippen LogP contribution in [-0.4, -0.2) is 18.4 Å². The average molecular weight is 345 g/mol. The molecule has 0 saturated carbocycles. The van der Waals surface area contributed by atoms with Gasteiger partial charge in [-0.2, -0.15) is 0 Å². The van der Waals surface area contributed by atoms with E-state index in [0.29, 0.717) is 28.5 Å². The maximum atomic E-state index is 11.9. The maximum Gasteiger partial charge on any atom is 0.269 e. The van der Waals surface area contributed by atoms with Crippen molar-refractivity contribution in [2.45, 2.75) is 6.92 Å². The van der Waals surface area contributed by atoms with Crippen LogP contribution >= 0.6 is 11.6 Å². The van der Waals surface area contributed by atoms with E-state index in [9.17, 15) is 9.59 Å². The second kappa shape index (κ2) is 8.74. The van der Waals surface area contributed by atoms with Gasteiger partial charge in [0.05, 0.1) is 6.61 Å². The van der Waals surface area contributed by atoms with Crippen LogP contribution in [0.3, 0.4) is 0 Å². The van der Waals surface area contributed by atoms with Crippen LogP contribution in [0, 0.1) is 0 Å². The maximum absolute atomic E-state index is 11.9. The Bertz CT molecular complexity index is 742. The molecule has 6 heteroatoms. The molecule has 2 N–H and O–H groups in total. The van der Waals surface area contributed by atoms with E-state index in [0.717, 1.165) is 0 Å². The molecule has 0 unspecified atom stereocenters. The largest absolute Gasteiger partial charge is 0.494 e. The molecule has 2 rings (SSSR count). The molecular formula is C18H17ClN2O3. The van der Waals surface area contributed by atoms with Gasteiger partial charge in [0.1, 0.15) is 5.75 Å². The molecule has 0 aliphatic rings. The van der Waals surface area contributed by atoms with Crippen LogP contribution in [-0.2, 0) is 4.79 Å². The van der Waals surface area contributed by atoms with Gasteiger partial charge < -0.3 is 4.74 Å². The smallest absolute Gasteiger partial charge is 0.269 e. The van der Waals surface area contributed by atoms with Crippen molar-refractivity contribution in [3.05, 3.63) is 70.8 Å². The Hall–Kier alpha value is -2.79. The highest BCUT2D eigenvalue weighted by Crippen LogP contribution is 2.16. The van der Waals surface area contributed by atoms with Crippen molar-refractivity contribution < 1.29 is 14.3 Å². The van der Waals surface area contributed by atoms with E-state index in [1.165, 1.54) is 6.08 Å². The number of amides is 2. The van der Waals surface area contributed by atoms with Gasteiger partial charge in [-0.15, -0.1) is 0 Å². The van der Waals surface area contributed by atoms with Crippen molar-refractivity contribution in [1.29, 1.82) is 0 Å². The summed E-state index contributed by atoms with van der Waals surface area (Å²) < 4.78 is 5.30. The first kappa shape index (κ1) is 17.6. The Balaban J connectivity index is 1.87. The first-order valence-electron chi connectivity index (χ1n) is 7.36. The van der Waals surface area contributed by atoms with Crippen molar-refractivity contribution in [3.63, 3.8) is 0 Å². The fourth-order valence-electron chi connectivity index (χ4n) is 1.88. The van der Waals surface area contributed by atoms with Gasteiger partial charge in [-0.25, -0.2) is 0 Å². The molecule has 0 bridgehead atoms. The molecular weight excluding hydrogens is 328 g/mol. The molecule has 124 valence electrons. The van der Waals surface area contributed by atoms with E-state index in [4.69, 9.17) is 16.3 Å². The summed E-state index contributed by atoms with van der Waals surface area (Å²) in [7, 11) is 0. The second-order valence-corrected chi connectivity index (χ2v) is 5.16. The van der Waals surface area contributed by atoms with Crippen molar-refractivity contribution >= 4 is 29.5 Å². The van der Waals surface area contributed by atoms with Gasteiger partial charge in [-0.1, -0.05) is 29.8 Å². The van der Waals surface area contributed by atoms with Crippen LogP contribution in [0.2, 0.25) is 5.02 Å². The SMILES string of the molecule is CCOc1ccc(C(=O)NNC(=O)C=Cc2ccccc2Cl)cc1. The van der Waals surface area contributed by atoms with E-state index >= 15 is 0 Å². The molecule has 0 radical (unpaired) electrons. The number of hydrogen-bond acceptors (Lipinski definition) is 3. The third-order valence-corrected chi connectivity index (χ3v) is 3.39. The highest BCUT2D eigenvalue weighted by Gasteiger charge is 2.06. The molecule has 0 aromatic heterocycles. The van der Waals surface area contributed by atoms with Gasteiger partial charge in [0.25, 0.3) is 11.8 Å². The monoisotopic (exact) mass is 344 g/mol. The Morgan fingerprint density at radius 2 is 1.79 bits per heavy atom. The van der Waals surface area contributed by atoms with E-state index in [1.807, 2.05) is 13.0 Å². The molecule has 0 aliphatic carbocycles. The molecule has 5 nitrogen and oxygen atoms in total. The third kappa shape index (κ3) is 5.14. The lowest BCUT2D eigenvalue weighted by molar-refractivity contribution is -0.117. The predicted octanol–water partition coefficient (Wildman–Crippen LogP) is 3.21. The summed E-state index contributed by atoms with van der Waals surface area (Å²) in [4.78, 5) is 23.7. The lowest BCUT2D eigenvalue weighted by Crippen LogP contribution is -2.40. The summed E-state index contributed by atoms with van der Waals surface area (Å²) in [5.41, 5.74) is 5.77. The Morgan fingerprint density at radius 1 is 1.08 bits per heavy atom. The molecule has 0 aliphatic heterocycles. The van der Waals surface area contributed by atoms with Gasteiger partial charge in [-0.3, -0.25) is 20.4 Å². The van der Waals surface area contributed by atoms with E-state index in [2.05, 4.69) is 10.9 Å². The first-order chi connectivity index (χ1) is 11.6. The van der Waals surface area contributed by atoms with Crippen LogP contribution in [0.1, 0.15) is 22.8 Å². The molecule has 0 atom stereocenters. The highest BCUT2D eigenvalue weighted by atomic mass is 35.5. The number of benzene rings is 2. The summed E-state index contributed by atoms with van der Waals surface area (Å²) in [6.07, 6.45) is 2.86. The molecule has 2 aromatic carbocycles. The van der Waals surface area contributed by atoms with Crippen molar-refractivity contribution in [2.24, 2.45) is 0 Å². The van der Waals surface area contributed by atoms with Gasteiger partial charge in [-0.05, 0) is 48.9 Å². The van der Waals surface area contributed by atoms with Crippen molar-refractivity contribution in [2.75, 3.05) is 6.61 Å². The molecule has 0 heterocycles. The molecule has 0 fully saturated rings. The van der Waals surface area contributed by atoms with Gasteiger partial charge in [0, 0.05) is 16.7 Å². The predicted molar refractivity (Wildman–Crippen MR) is 93.7 cm³/mol. The second-order valence-electron chi connectivity index (χ2n) is 4.76. The summed E-state index contributed by atoms with van der Waals surface area (Å²) in [6, 6.07) is 13.7. The minimum absolute atomic E-state index is 0.411. The molecule has 0 spiro atoms. The number of carbonyl (C=O) groups excluding carboxylic acids is 2. The normalized spacial score (nSPS) is 10.4. The topological polar surface area (TPSA) is 67.4 Å². The molecule has 24 heavy (non-hydrogen) atoms. The van der Waals surface area contributed by atoms with Gasteiger partial charge in [0.15, 0.2) is 0 Å². The number of ether oxygens (including phenoxy) is 1. The van der Waals surface area contributed by atoms with Crippen LogP contribution in [0.4, 0.5) is 0 Å². The van der Waals surface area contributed by atoms with Crippen LogP contribution < -0.4 is 15.6 Å². The summed E-state index contributed by atoms with van der Waals surface area (Å²) in [6.45, 7) is 2.44. The van der Waals surface area contributed by atoms with E-state index in [-0.39, 0.29) is 0 Å². The Kier molecular flexibility index (Phi) is 6.40. The summed E-state index contributed by atoms with van der Waals surface area (Å²) in [5.74, 6) is -0.201. The van der Waals surface area contributed by atoms with E-state index < -0.39 is 11.8 Å². The lowest BCUT2D eigenvalue weighted by Gasteiger charge is -2.07. The molecule has 0 saturated heterocycles. The number of halogens is 1. The van der Waals surface area contributed by atoms with Crippen LogP contribution in [0.15, 0.2) is 54.6 Å². The zero-order valence-corrected chi connectivity index (χ0v) is 13.8. The zero-order chi connectivity index (χ0) is 17.4. The average Bonchev–Trinajstić information content (AvgIpc) is 2.60. The Morgan fingerprint density at radius 3 is 2.46 bits per heavy atom. The van der Waals surface area contributed by atoms with Gasteiger partial charge in [0.2, 0.25) is 0 Å². The number of carbonyl (C=O) groups is 2.